The predicted octanol–water partition coefficient (Wildman–Crippen LogP) is 4.20. The Kier molecular flexibility index (Phi) is 5.79. The Bertz CT molecular complexity index is 407. The Morgan fingerprint density at radius 3 is 3.00 bits per heavy atom. The maximum atomic E-state index is 13.9. The van der Waals surface area contributed by atoms with Gasteiger partial charge in [-0.15, -0.1) is 0 Å². The Morgan fingerprint density at radius 2 is 2.32 bits per heavy atom. The molecule has 0 bridgehead atoms. The van der Waals surface area contributed by atoms with Crippen LogP contribution in [0.5, 0.6) is 0 Å². The Hall–Kier alpha value is -0.450. The third kappa shape index (κ3) is 4.26. The van der Waals surface area contributed by atoms with E-state index in [-0.39, 0.29) is 11.9 Å². The molecule has 0 spiro atoms. The molecule has 1 saturated heterocycles. The number of halogens is 2. The van der Waals surface area contributed by atoms with E-state index in [1.54, 1.807) is 6.07 Å². The number of hydrogen-bond acceptors (Lipinski definition) is 2. The van der Waals surface area contributed by atoms with Crippen molar-refractivity contribution in [3.63, 3.8) is 0 Å². The van der Waals surface area contributed by atoms with Gasteiger partial charge in [-0.05, 0) is 57.4 Å². The summed E-state index contributed by atoms with van der Waals surface area (Å²) in [6, 6.07) is 5.15. The molecule has 0 aromatic heterocycles. The first kappa shape index (κ1) is 14.9. The maximum absolute atomic E-state index is 13.9. The molecule has 19 heavy (non-hydrogen) atoms. The van der Waals surface area contributed by atoms with Gasteiger partial charge in [-0.3, -0.25) is 0 Å². The van der Waals surface area contributed by atoms with Crippen molar-refractivity contribution in [2.45, 2.75) is 44.2 Å². The van der Waals surface area contributed by atoms with Gasteiger partial charge in [0, 0.05) is 22.7 Å². The number of ether oxygens (including phenoxy) is 1. The minimum atomic E-state index is -0.146. The monoisotopic (exact) mass is 329 g/mol. The van der Waals surface area contributed by atoms with E-state index in [1.165, 1.54) is 18.9 Å². The molecule has 0 aliphatic carbocycles. The molecule has 1 aromatic carbocycles. The number of hydrogen-bond donors (Lipinski definition) is 1. The molecule has 2 atom stereocenters. The van der Waals surface area contributed by atoms with Crippen LogP contribution in [0.25, 0.3) is 0 Å². The molecule has 2 unspecified atom stereocenters. The van der Waals surface area contributed by atoms with Crippen molar-refractivity contribution in [1.82, 2.24) is 5.32 Å². The molecule has 1 aromatic rings. The third-order valence-corrected chi connectivity index (χ3v) is 4.23. The van der Waals surface area contributed by atoms with Crippen LogP contribution in [0.15, 0.2) is 22.7 Å². The van der Waals surface area contributed by atoms with Crippen LogP contribution in [0.1, 0.15) is 43.7 Å². The normalized spacial score (nSPS) is 21.3. The second kappa shape index (κ2) is 7.36. The fraction of sp³-hybridized carbons (Fsp3) is 0.600. The summed E-state index contributed by atoms with van der Waals surface area (Å²) in [5.74, 6) is -0.146. The number of rotatable bonds is 5. The van der Waals surface area contributed by atoms with Crippen LogP contribution in [0.3, 0.4) is 0 Å². The second-order valence-corrected chi connectivity index (χ2v) is 5.99. The molecule has 0 amide bonds. The molecule has 1 aliphatic heterocycles. The molecule has 2 nitrogen and oxygen atoms in total. The van der Waals surface area contributed by atoms with Gasteiger partial charge in [0.25, 0.3) is 0 Å². The highest BCUT2D eigenvalue weighted by Crippen LogP contribution is 2.27. The van der Waals surface area contributed by atoms with Crippen molar-refractivity contribution in [3.8, 4) is 0 Å². The molecule has 4 heteroatoms. The Labute approximate surface area is 122 Å². The van der Waals surface area contributed by atoms with Crippen LogP contribution < -0.4 is 5.32 Å². The minimum absolute atomic E-state index is 0.0445. The SMILES string of the molecule is CNC(CCC1CCCCO1)c1cc(Br)ccc1F. The highest BCUT2D eigenvalue weighted by atomic mass is 79.9. The average molecular weight is 330 g/mol. The standard InChI is InChI=1S/C15H21BrFNO/c1-18-15(8-6-12-4-2-3-9-19-12)13-10-11(16)5-7-14(13)17/h5,7,10,12,15,18H,2-4,6,8-9H2,1H3. The summed E-state index contributed by atoms with van der Waals surface area (Å²) in [4.78, 5) is 0. The summed E-state index contributed by atoms with van der Waals surface area (Å²) in [5.41, 5.74) is 0.729. The molecule has 1 N–H and O–H groups in total. The zero-order chi connectivity index (χ0) is 13.7. The lowest BCUT2D eigenvalue weighted by atomic mass is 9.97. The van der Waals surface area contributed by atoms with Crippen LogP contribution >= 0.6 is 15.9 Å². The summed E-state index contributed by atoms with van der Waals surface area (Å²) in [7, 11) is 1.88. The topological polar surface area (TPSA) is 21.3 Å². The molecule has 0 radical (unpaired) electrons. The smallest absolute Gasteiger partial charge is 0.128 e. The van der Waals surface area contributed by atoms with E-state index in [4.69, 9.17) is 4.74 Å². The fourth-order valence-corrected chi connectivity index (χ4v) is 3.00. The average Bonchev–Trinajstić information content (AvgIpc) is 2.44. The van der Waals surface area contributed by atoms with E-state index in [0.717, 1.165) is 35.9 Å². The van der Waals surface area contributed by atoms with Gasteiger partial charge in [-0.1, -0.05) is 15.9 Å². The van der Waals surface area contributed by atoms with Gasteiger partial charge in [0.2, 0.25) is 0 Å². The molecule has 0 saturated carbocycles. The van der Waals surface area contributed by atoms with Crippen molar-refractivity contribution in [2.75, 3.05) is 13.7 Å². The van der Waals surface area contributed by atoms with Gasteiger partial charge >= 0.3 is 0 Å². The van der Waals surface area contributed by atoms with E-state index in [0.29, 0.717) is 6.10 Å². The molecule has 1 heterocycles. The van der Waals surface area contributed by atoms with E-state index in [9.17, 15) is 4.39 Å². The van der Waals surface area contributed by atoms with Crippen LogP contribution in [0.4, 0.5) is 4.39 Å². The molecule has 106 valence electrons. The van der Waals surface area contributed by atoms with Crippen LogP contribution in [0.2, 0.25) is 0 Å². The van der Waals surface area contributed by atoms with E-state index in [2.05, 4.69) is 21.2 Å². The van der Waals surface area contributed by atoms with E-state index in [1.807, 2.05) is 13.1 Å². The summed E-state index contributed by atoms with van der Waals surface area (Å²) in [5, 5.41) is 3.21. The van der Waals surface area contributed by atoms with Gasteiger partial charge in [0.05, 0.1) is 6.10 Å². The number of benzene rings is 1. The Morgan fingerprint density at radius 1 is 1.47 bits per heavy atom. The molecular weight excluding hydrogens is 309 g/mol. The first-order valence-electron chi connectivity index (χ1n) is 6.94. The van der Waals surface area contributed by atoms with Crippen molar-refractivity contribution in [1.29, 1.82) is 0 Å². The van der Waals surface area contributed by atoms with Gasteiger partial charge in [-0.25, -0.2) is 4.39 Å². The lowest BCUT2D eigenvalue weighted by Crippen LogP contribution is -2.23. The highest BCUT2D eigenvalue weighted by molar-refractivity contribution is 9.10. The van der Waals surface area contributed by atoms with Crippen molar-refractivity contribution in [3.05, 3.63) is 34.1 Å². The van der Waals surface area contributed by atoms with Crippen molar-refractivity contribution in [2.24, 2.45) is 0 Å². The lowest BCUT2D eigenvalue weighted by molar-refractivity contribution is 0.00860. The van der Waals surface area contributed by atoms with Crippen LogP contribution in [0, 0.1) is 5.82 Å². The summed E-state index contributed by atoms with van der Waals surface area (Å²) in [6.07, 6.45) is 5.79. The zero-order valence-electron chi connectivity index (χ0n) is 11.3. The van der Waals surface area contributed by atoms with E-state index >= 15 is 0 Å². The van der Waals surface area contributed by atoms with Gasteiger partial charge in [-0.2, -0.15) is 0 Å². The van der Waals surface area contributed by atoms with Crippen molar-refractivity contribution >= 4 is 15.9 Å². The summed E-state index contributed by atoms with van der Waals surface area (Å²) in [6.45, 7) is 0.875. The maximum Gasteiger partial charge on any atom is 0.128 e. The number of nitrogens with one attached hydrogen (secondary N) is 1. The summed E-state index contributed by atoms with van der Waals surface area (Å²) < 4.78 is 20.5. The van der Waals surface area contributed by atoms with Gasteiger partial charge < -0.3 is 10.1 Å². The zero-order valence-corrected chi connectivity index (χ0v) is 12.9. The highest BCUT2D eigenvalue weighted by Gasteiger charge is 2.19. The largest absolute Gasteiger partial charge is 0.378 e. The Balaban J connectivity index is 1.97. The first-order chi connectivity index (χ1) is 9.20. The second-order valence-electron chi connectivity index (χ2n) is 5.07. The van der Waals surface area contributed by atoms with Crippen LogP contribution in [-0.4, -0.2) is 19.8 Å². The van der Waals surface area contributed by atoms with Crippen LogP contribution in [-0.2, 0) is 4.74 Å². The molecular formula is C15H21BrFNO. The van der Waals surface area contributed by atoms with Crippen molar-refractivity contribution < 1.29 is 9.13 Å². The molecule has 1 aliphatic rings. The molecule has 1 fully saturated rings. The molecule has 2 rings (SSSR count). The van der Waals surface area contributed by atoms with Gasteiger partial charge in [0.15, 0.2) is 0 Å². The predicted molar refractivity (Wildman–Crippen MR) is 78.7 cm³/mol. The quantitative estimate of drug-likeness (QED) is 0.874. The lowest BCUT2D eigenvalue weighted by Gasteiger charge is -2.25. The van der Waals surface area contributed by atoms with E-state index < -0.39 is 0 Å². The fourth-order valence-electron chi connectivity index (χ4n) is 2.62. The third-order valence-electron chi connectivity index (χ3n) is 3.73. The van der Waals surface area contributed by atoms with Gasteiger partial charge in [0.1, 0.15) is 5.82 Å². The summed E-state index contributed by atoms with van der Waals surface area (Å²) >= 11 is 3.40. The first-order valence-corrected chi connectivity index (χ1v) is 7.74. The minimum Gasteiger partial charge on any atom is -0.378 e.